The van der Waals surface area contributed by atoms with Gasteiger partial charge < -0.3 is 4.74 Å². The Balaban J connectivity index is 1.65. The van der Waals surface area contributed by atoms with Crippen molar-refractivity contribution in [2.24, 2.45) is 5.92 Å². The molecule has 2 rings (SSSR count). The molecular formula is C16H23ClO. The highest BCUT2D eigenvalue weighted by molar-refractivity contribution is 6.20. The molecule has 0 aliphatic heterocycles. The van der Waals surface area contributed by atoms with Crippen molar-refractivity contribution in [1.82, 2.24) is 0 Å². The summed E-state index contributed by atoms with van der Waals surface area (Å²) in [5.41, 5.74) is 0. The SMILES string of the molecule is ClC1CCCCCC1CCCOc1ccccc1. The summed E-state index contributed by atoms with van der Waals surface area (Å²) in [5.74, 6) is 1.68. The average molecular weight is 267 g/mol. The van der Waals surface area contributed by atoms with E-state index in [-0.39, 0.29) is 0 Å². The fraction of sp³-hybridized carbons (Fsp3) is 0.625. The molecule has 2 atom stereocenters. The molecule has 1 fully saturated rings. The van der Waals surface area contributed by atoms with Gasteiger partial charge in [-0.2, -0.15) is 0 Å². The van der Waals surface area contributed by atoms with Crippen LogP contribution in [0.15, 0.2) is 30.3 Å². The average Bonchev–Trinajstić information content (AvgIpc) is 2.61. The lowest BCUT2D eigenvalue weighted by Gasteiger charge is -2.19. The van der Waals surface area contributed by atoms with E-state index in [0.29, 0.717) is 11.3 Å². The van der Waals surface area contributed by atoms with Crippen LogP contribution in [0.5, 0.6) is 5.75 Å². The maximum Gasteiger partial charge on any atom is 0.119 e. The van der Waals surface area contributed by atoms with Crippen molar-refractivity contribution >= 4 is 11.6 Å². The lowest BCUT2D eigenvalue weighted by molar-refractivity contribution is 0.286. The van der Waals surface area contributed by atoms with E-state index in [2.05, 4.69) is 0 Å². The van der Waals surface area contributed by atoms with Crippen LogP contribution in [0.4, 0.5) is 0 Å². The topological polar surface area (TPSA) is 9.23 Å². The van der Waals surface area contributed by atoms with E-state index in [1.165, 1.54) is 38.5 Å². The summed E-state index contributed by atoms with van der Waals surface area (Å²) in [4.78, 5) is 0. The van der Waals surface area contributed by atoms with Gasteiger partial charge in [0.05, 0.1) is 6.61 Å². The molecule has 2 unspecified atom stereocenters. The Hall–Kier alpha value is -0.690. The van der Waals surface area contributed by atoms with Gasteiger partial charge in [-0.05, 0) is 43.7 Å². The molecule has 1 aliphatic carbocycles. The molecule has 0 aromatic heterocycles. The molecule has 0 radical (unpaired) electrons. The summed E-state index contributed by atoms with van der Waals surface area (Å²) in [6.07, 6.45) is 8.86. The zero-order valence-electron chi connectivity index (χ0n) is 11.0. The number of rotatable bonds is 5. The van der Waals surface area contributed by atoms with Crippen LogP contribution in [0.3, 0.4) is 0 Å². The van der Waals surface area contributed by atoms with E-state index in [9.17, 15) is 0 Å². The molecule has 18 heavy (non-hydrogen) atoms. The van der Waals surface area contributed by atoms with Gasteiger partial charge in [0.1, 0.15) is 5.75 Å². The minimum absolute atomic E-state index is 0.393. The molecule has 1 saturated carbocycles. The van der Waals surface area contributed by atoms with Crippen molar-refractivity contribution in [2.45, 2.75) is 50.3 Å². The molecule has 0 bridgehead atoms. The van der Waals surface area contributed by atoms with Crippen LogP contribution < -0.4 is 4.74 Å². The number of hydrogen-bond acceptors (Lipinski definition) is 1. The minimum atomic E-state index is 0.393. The van der Waals surface area contributed by atoms with Crippen LogP contribution in [0.1, 0.15) is 44.9 Å². The number of para-hydroxylation sites is 1. The van der Waals surface area contributed by atoms with Gasteiger partial charge in [-0.25, -0.2) is 0 Å². The molecule has 1 aromatic rings. The van der Waals surface area contributed by atoms with E-state index < -0.39 is 0 Å². The maximum atomic E-state index is 6.44. The van der Waals surface area contributed by atoms with E-state index in [4.69, 9.17) is 16.3 Å². The summed E-state index contributed by atoms with van der Waals surface area (Å²) in [7, 11) is 0. The molecule has 1 nitrogen and oxygen atoms in total. The molecule has 2 heteroatoms. The largest absolute Gasteiger partial charge is 0.494 e. The fourth-order valence-corrected chi connectivity index (χ4v) is 3.12. The van der Waals surface area contributed by atoms with E-state index >= 15 is 0 Å². The van der Waals surface area contributed by atoms with Crippen LogP contribution in [-0.2, 0) is 0 Å². The molecule has 0 amide bonds. The molecule has 1 aliphatic rings. The first-order chi connectivity index (χ1) is 8.86. The zero-order chi connectivity index (χ0) is 12.6. The molecule has 1 aromatic carbocycles. The zero-order valence-corrected chi connectivity index (χ0v) is 11.7. The Morgan fingerprint density at radius 2 is 1.83 bits per heavy atom. The van der Waals surface area contributed by atoms with Crippen LogP contribution in [0, 0.1) is 5.92 Å². The van der Waals surface area contributed by atoms with Crippen LogP contribution in [0.25, 0.3) is 0 Å². The van der Waals surface area contributed by atoms with Crippen LogP contribution >= 0.6 is 11.6 Å². The lowest BCUT2D eigenvalue weighted by atomic mass is 9.95. The van der Waals surface area contributed by atoms with Gasteiger partial charge in [0, 0.05) is 5.38 Å². The number of benzene rings is 1. The Bertz CT molecular complexity index is 325. The van der Waals surface area contributed by atoms with Gasteiger partial charge in [0.25, 0.3) is 0 Å². The van der Waals surface area contributed by atoms with Gasteiger partial charge in [0.15, 0.2) is 0 Å². The predicted molar refractivity (Wildman–Crippen MR) is 77.4 cm³/mol. The Morgan fingerprint density at radius 1 is 1.06 bits per heavy atom. The second-order valence-corrected chi connectivity index (χ2v) is 5.78. The summed E-state index contributed by atoms with van der Waals surface area (Å²) in [6, 6.07) is 10.0. The van der Waals surface area contributed by atoms with Gasteiger partial charge >= 0.3 is 0 Å². The summed E-state index contributed by atoms with van der Waals surface area (Å²) < 4.78 is 5.72. The van der Waals surface area contributed by atoms with Gasteiger partial charge in [-0.15, -0.1) is 11.6 Å². The number of alkyl halides is 1. The standard InChI is InChI=1S/C16H23ClO/c17-16-12-6-1-3-8-14(16)9-7-13-18-15-10-4-2-5-11-15/h2,4-5,10-11,14,16H,1,3,6-9,12-13H2. The minimum Gasteiger partial charge on any atom is -0.494 e. The van der Waals surface area contributed by atoms with E-state index in [1.54, 1.807) is 0 Å². The maximum absolute atomic E-state index is 6.44. The number of ether oxygens (including phenoxy) is 1. The van der Waals surface area contributed by atoms with E-state index in [1.807, 2.05) is 30.3 Å². The Kier molecular flexibility index (Phi) is 5.86. The molecule has 0 saturated heterocycles. The summed E-state index contributed by atoms with van der Waals surface area (Å²) in [6.45, 7) is 0.810. The monoisotopic (exact) mass is 266 g/mol. The molecule has 0 N–H and O–H groups in total. The third-order valence-corrected chi connectivity index (χ3v) is 4.37. The Labute approximate surface area is 115 Å². The van der Waals surface area contributed by atoms with Crippen molar-refractivity contribution in [3.8, 4) is 5.75 Å². The molecule has 0 spiro atoms. The third-order valence-electron chi connectivity index (χ3n) is 3.80. The number of halogens is 1. The first kappa shape index (κ1) is 13.7. The lowest BCUT2D eigenvalue weighted by Crippen LogP contribution is -2.14. The summed E-state index contributed by atoms with van der Waals surface area (Å²) in [5, 5.41) is 0.393. The fourth-order valence-electron chi connectivity index (χ4n) is 2.72. The summed E-state index contributed by atoms with van der Waals surface area (Å²) >= 11 is 6.44. The molecule has 0 heterocycles. The first-order valence-corrected chi connectivity index (χ1v) is 7.62. The van der Waals surface area contributed by atoms with Gasteiger partial charge in [0.2, 0.25) is 0 Å². The smallest absolute Gasteiger partial charge is 0.119 e. The van der Waals surface area contributed by atoms with Crippen LogP contribution in [0.2, 0.25) is 0 Å². The van der Waals surface area contributed by atoms with Crippen molar-refractivity contribution in [1.29, 1.82) is 0 Å². The highest BCUT2D eigenvalue weighted by Crippen LogP contribution is 2.30. The van der Waals surface area contributed by atoms with Crippen molar-refractivity contribution < 1.29 is 4.74 Å². The van der Waals surface area contributed by atoms with Crippen molar-refractivity contribution in [3.63, 3.8) is 0 Å². The van der Waals surface area contributed by atoms with Crippen LogP contribution in [-0.4, -0.2) is 12.0 Å². The second-order valence-electron chi connectivity index (χ2n) is 5.22. The van der Waals surface area contributed by atoms with Gasteiger partial charge in [-0.1, -0.05) is 37.5 Å². The Morgan fingerprint density at radius 3 is 2.67 bits per heavy atom. The molecular weight excluding hydrogens is 244 g/mol. The second kappa shape index (κ2) is 7.68. The first-order valence-electron chi connectivity index (χ1n) is 7.18. The van der Waals surface area contributed by atoms with Gasteiger partial charge in [-0.3, -0.25) is 0 Å². The van der Waals surface area contributed by atoms with Crippen molar-refractivity contribution in [2.75, 3.05) is 6.61 Å². The highest BCUT2D eigenvalue weighted by Gasteiger charge is 2.20. The van der Waals surface area contributed by atoms with Crippen molar-refractivity contribution in [3.05, 3.63) is 30.3 Å². The third kappa shape index (κ3) is 4.53. The normalized spacial score (nSPS) is 24.5. The quantitative estimate of drug-likeness (QED) is 0.412. The molecule has 100 valence electrons. The highest BCUT2D eigenvalue weighted by atomic mass is 35.5. The predicted octanol–water partition coefficient (Wildman–Crippen LogP) is 5.03. The number of hydrogen-bond donors (Lipinski definition) is 0. The van der Waals surface area contributed by atoms with E-state index in [0.717, 1.165) is 18.8 Å².